The Bertz CT molecular complexity index is 1070. The first-order valence-corrected chi connectivity index (χ1v) is 11.2. The van der Waals surface area contributed by atoms with E-state index < -0.39 is 35.6 Å². The molecule has 0 bridgehead atoms. The van der Waals surface area contributed by atoms with E-state index in [4.69, 9.17) is 9.47 Å². The number of hydrogen-bond acceptors (Lipinski definition) is 7. The number of fused-ring (bicyclic) bond motifs is 2. The molecular formula is C25H33N3O6. The third-order valence-corrected chi connectivity index (χ3v) is 4.93. The van der Waals surface area contributed by atoms with Crippen LogP contribution in [0, 0.1) is 0 Å². The van der Waals surface area contributed by atoms with Crippen LogP contribution in [0.4, 0.5) is 26.8 Å². The van der Waals surface area contributed by atoms with Crippen molar-refractivity contribution in [1.29, 1.82) is 0 Å². The smallest absolute Gasteiger partial charge is 0.420 e. The van der Waals surface area contributed by atoms with Crippen LogP contribution in [0.1, 0.15) is 65.7 Å². The van der Waals surface area contributed by atoms with Crippen LogP contribution in [0.5, 0.6) is 0 Å². The lowest BCUT2D eigenvalue weighted by molar-refractivity contribution is 0.0305. The molecule has 2 N–H and O–H groups in total. The minimum atomic E-state index is -1.19. The average molecular weight is 472 g/mol. The molecule has 3 rings (SSSR count). The number of carbonyl (C=O) groups is 2. The van der Waals surface area contributed by atoms with E-state index in [1.165, 1.54) is 16.7 Å². The summed E-state index contributed by atoms with van der Waals surface area (Å²) in [5.74, 6) is 0.327. The minimum absolute atomic E-state index is 0.0681. The van der Waals surface area contributed by atoms with Crippen molar-refractivity contribution in [3.8, 4) is 0 Å². The van der Waals surface area contributed by atoms with Crippen molar-refractivity contribution in [3.05, 3.63) is 47.7 Å². The topological polar surface area (TPSA) is 112 Å². The molecule has 1 aromatic heterocycles. The number of ether oxygens (including phenoxy) is 2. The zero-order chi connectivity index (χ0) is 25.4. The predicted molar refractivity (Wildman–Crippen MR) is 128 cm³/mol. The summed E-state index contributed by atoms with van der Waals surface area (Å²) >= 11 is 0. The predicted octanol–water partition coefficient (Wildman–Crippen LogP) is 4.82. The molecule has 1 aromatic carbocycles. The van der Waals surface area contributed by atoms with E-state index >= 15 is 0 Å². The van der Waals surface area contributed by atoms with E-state index in [0.29, 0.717) is 28.3 Å². The Hall–Kier alpha value is -3.17. The Morgan fingerprint density at radius 2 is 1.59 bits per heavy atom. The van der Waals surface area contributed by atoms with Crippen LogP contribution in [0.3, 0.4) is 0 Å². The van der Waals surface area contributed by atoms with Gasteiger partial charge in [-0.15, -0.1) is 0 Å². The largest absolute Gasteiger partial charge is 0.443 e. The molecule has 9 heteroatoms. The first kappa shape index (κ1) is 25.5. The fraction of sp³-hybridized carbons (Fsp3) is 0.480. The normalized spacial score (nSPS) is 15.6. The first-order valence-electron chi connectivity index (χ1n) is 11.2. The Kier molecular flexibility index (Phi) is 6.91. The number of benzene rings is 1. The standard InChI is InChI=1S/C25H33N3O6/c1-15(29)20(30)16-10-11-18-19(13-16)27(22(31)33-24(2,3)4)14-17-9-8-12-26-21(17)28(18)23(32)34-25(5,6)7/h8-13,15,20,29-30H,14H2,1-7H3. The Balaban J connectivity index is 2.25. The van der Waals surface area contributed by atoms with Crippen LogP contribution in [-0.4, -0.2) is 44.7 Å². The van der Waals surface area contributed by atoms with Gasteiger partial charge in [0.25, 0.3) is 0 Å². The number of aromatic nitrogens is 1. The molecular weight excluding hydrogens is 438 g/mol. The number of carbonyl (C=O) groups excluding carboxylic acids is 2. The lowest BCUT2D eigenvalue weighted by Gasteiger charge is -2.30. The van der Waals surface area contributed by atoms with Gasteiger partial charge in [-0.1, -0.05) is 12.1 Å². The first-order chi connectivity index (χ1) is 15.7. The van der Waals surface area contributed by atoms with Crippen LogP contribution in [-0.2, 0) is 16.0 Å². The van der Waals surface area contributed by atoms with E-state index in [-0.39, 0.29) is 6.54 Å². The van der Waals surface area contributed by atoms with Crippen LogP contribution < -0.4 is 9.80 Å². The molecule has 0 saturated heterocycles. The zero-order valence-electron chi connectivity index (χ0n) is 20.7. The van der Waals surface area contributed by atoms with Crippen molar-refractivity contribution in [2.45, 2.75) is 78.4 Å². The molecule has 0 saturated carbocycles. The van der Waals surface area contributed by atoms with Gasteiger partial charge in [0.05, 0.1) is 24.0 Å². The van der Waals surface area contributed by atoms with Crippen LogP contribution in [0.2, 0.25) is 0 Å². The van der Waals surface area contributed by atoms with Gasteiger partial charge in [0, 0.05) is 11.8 Å². The highest BCUT2D eigenvalue weighted by Crippen LogP contribution is 2.42. The quantitative estimate of drug-likeness (QED) is 0.645. The Morgan fingerprint density at radius 1 is 0.971 bits per heavy atom. The van der Waals surface area contributed by atoms with Crippen molar-refractivity contribution >= 4 is 29.4 Å². The van der Waals surface area contributed by atoms with Crippen LogP contribution >= 0.6 is 0 Å². The van der Waals surface area contributed by atoms with Crippen molar-refractivity contribution in [1.82, 2.24) is 4.98 Å². The van der Waals surface area contributed by atoms with Gasteiger partial charge >= 0.3 is 12.2 Å². The maximum Gasteiger partial charge on any atom is 0.420 e. The van der Waals surface area contributed by atoms with Crippen LogP contribution in [0.15, 0.2) is 36.5 Å². The second kappa shape index (κ2) is 9.23. The zero-order valence-corrected chi connectivity index (χ0v) is 20.7. The third-order valence-electron chi connectivity index (χ3n) is 4.93. The van der Waals surface area contributed by atoms with E-state index in [0.717, 1.165) is 0 Å². The number of hydrogen-bond donors (Lipinski definition) is 2. The van der Waals surface area contributed by atoms with E-state index in [1.807, 2.05) is 0 Å². The number of aliphatic hydroxyl groups is 2. The second-order valence-electron chi connectivity index (χ2n) is 10.3. The van der Waals surface area contributed by atoms with Crippen molar-refractivity contribution < 1.29 is 29.3 Å². The maximum atomic E-state index is 13.4. The van der Waals surface area contributed by atoms with Gasteiger partial charge in [0.2, 0.25) is 0 Å². The molecule has 184 valence electrons. The van der Waals surface area contributed by atoms with Gasteiger partial charge in [-0.05, 0) is 72.2 Å². The van der Waals surface area contributed by atoms with Gasteiger partial charge in [-0.2, -0.15) is 0 Å². The van der Waals surface area contributed by atoms with Gasteiger partial charge < -0.3 is 19.7 Å². The summed E-state index contributed by atoms with van der Waals surface area (Å²) < 4.78 is 11.3. The number of anilines is 3. The number of amides is 2. The summed E-state index contributed by atoms with van der Waals surface area (Å²) in [6.07, 6.45) is -1.96. The number of rotatable bonds is 2. The number of nitrogens with zero attached hydrogens (tertiary/aromatic N) is 3. The summed E-state index contributed by atoms with van der Waals surface area (Å²) in [7, 11) is 0. The summed E-state index contributed by atoms with van der Waals surface area (Å²) in [4.78, 5) is 33.8. The van der Waals surface area contributed by atoms with Crippen molar-refractivity contribution in [2.75, 3.05) is 9.80 Å². The highest BCUT2D eigenvalue weighted by atomic mass is 16.6. The number of aliphatic hydroxyl groups excluding tert-OH is 2. The van der Waals surface area contributed by atoms with Crippen molar-refractivity contribution in [2.24, 2.45) is 0 Å². The highest BCUT2D eigenvalue weighted by Gasteiger charge is 2.37. The van der Waals surface area contributed by atoms with E-state index in [9.17, 15) is 19.8 Å². The summed E-state index contributed by atoms with van der Waals surface area (Å²) in [6.45, 7) is 12.1. The lowest BCUT2D eigenvalue weighted by Crippen LogP contribution is -2.37. The molecule has 2 atom stereocenters. The molecule has 0 fully saturated rings. The van der Waals surface area contributed by atoms with Gasteiger partial charge in [0.15, 0.2) is 0 Å². The molecule has 0 radical (unpaired) electrons. The molecule has 1 aliphatic rings. The fourth-order valence-electron chi connectivity index (χ4n) is 3.51. The lowest BCUT2D eigenvalue weighted by atomic mass is 10.0. The average Bonchev–Trinajstić information content (AvgIpc) is 2.84. The van der Waals surface area contributed by atoms with Crippen LogP contribution in [0.25, 0.3) is 0 Å². The molecule has 1 aliphatic heterocycles. The molecule has 2 aromatic rings. The minimum Gasteiger partial charge on any atom is -0.443 e. The molecule has 34 heavy (non-hydrogen) atoms. The molecule has 2 unspecified atom stereocenters. The van der Waals surface area contributed by atoms with E-state index in [1.54, 1.807) is 78.1 Å². The molecule has 2 amide bonds. The van der Waals surface area contributed by atoms with Gasteiger partial charge in [-0.25, -0.2) is 19.5 Å². The highest BCUT2D eigenvalue weighted by molar-refractivity contribution is 6.04. The Labute approximate surface area is 199 Å². The molecule has 0 aliphatic carbocycles. The molecule has 0 spiro atoms. The monoisotopic (exact) mass is 471 g/mol. The molecule has 2 heterocycles. The summed E-state index contributed by atoms with van der Waals surface area (Å²) in [5.41, 5.74) is 0.0992. The SMILES string of the molecule is CC(O)C(O)c1ccc2c(c1)N(C(=O)OC(C)(C)C)Cc1cccnc1N2C(=O)OC(C)(C)C. The second-order valence-corrected chi connectivity index (χ2v) is 10.3. The van der Waals surface area contributed by atoms with Gasteiger partial charge in [0.1, 0.15) is 23.1 Å². The van der Waals surface area contributed by atoms with Gasteiger partial charge in [-0.3, -0.25) is 4.90 Å². The summed E-state index contributed by atoms with van der Waals surface area (Å²) in [6, 6.07) is 8.25. The third kappa shape index (κ3) is 5.66. The maximum absolute atomic E-state index is 13.4. The number of pyridine rings is 1. The molecule has 9 nitrogen and oxygen atoms in total. The van der Waals surface area contributed by atoms with E-state index in [2.05, 4.69) is 4.98 Å². The fourth-order valence-corrected chi connectivity index (χ4v) is 3.51. The van der Waals surface area contributed by atoms with Crippen molar-refractivity contribution in [3.63, 3.8) is 0 Å². The Morgan fingerprint density at radius 3 is 2.18 bits per heavy atom. The summed E-state index contributed by atoms with van der Waals surface area (Å²) in [5, 5.41) is 20.4.